The third-order valence-corrected chi connectivity index (χ3v) is 4.22. The van der Waals surface area contributed by atoms with Crippen molar-refractivity contribution in [1.29, 1.82) is 0 Å². The quantitative estimate of drug-likeness (QED) is 0.690. The van der Waals surface area contributed by atoms with Crippen molar-refractivity contribution in [1.82, 2.24) is 4.98 Å². The molecule has 2 heterocycles. The van der Waals surface area contributed by atoms with E-state index in [2.05, 4.69) is 15.6 Å². The molecule has 2 aromatic rings. The molecule has 1 aliphatic rings. The van der Waals surface area contributed by atoms with Gasteiger partial charge in [-0.15, -0.1) is 0 Å². The number of carbonyl (C=O) groups excluding carboxylic acids is 1. The van der Waals surface area contributed by atoms with Crippen LogP contribution in [0.15, 0.2) is 42.6 Å². The number of amides is 1. The Morgan fingerprint density at radius 3 is 3.00 bits per heavy atom. The molecule has 1 saturated heterocycles. The zero-order valence-electron chi connectivity index (χ0n) is 14.4. The summed E-state index contributed by atoms with van der Waals surface area (Å²) >= 11 is 5.91. The summed E-state index contributed by atoms with van der Waals surface area (Å²) in [6.45, 7) is 2.71. The first-order chi connectivity index (χ1) is 12.7. The predicted molar refractivity (Wildman–Crippen MR) is 102 cm³/mol. The highest BCUT2D eigenvalue weighted by molar-refractivity contribution is 6.30. The Hall–Kier alpha value is -2.15. The fraction of sp³-hybridized carbons (Fsp3) is 0.368. The van der Waals surface area contributed by atoms with E-state index in [4.69, 9.17) is 21.1 Å². The Bertz CT molecular complexity index is 718. The van der Waals surface area contributed by atoms with Crippen molar-refractivity contribution in [2.24, 2.45) is 0 Å². The molecule has 1 atom stereocenters. The van der Waals surface area contributed by atoms with Crippen LogP contribution in [0.4, 0.5) is 11.5 Å². The standard InChI is InChI=1S/C19H22ClN3O3/c20-15-3-1-4-16(11-15)23-19(24)14-6-7-18(22-12-14)21-8-10-25-13-17-5-2-9-26-17/h1,3-4,6-7,11-12,17H,2,5,8-10,13H2,(H,21,22)(H,23,24). The molecule has 0 spiro atoms. The van der Waals surface area contributed by atoms with E-state index in [1.165, 1.54) is 6.20 Å². The van der Waals surface area contributed by atoms with Crippen LogP contribution in [0.2, 0.25) is 5.02 Å². The number of nitrogens with one attached hydrogen (secondary N) is 2. The van der Waals surface area contributed by atoms with Gasteiger partial charge in [-0.2, -0.15) is 0 Å². The van der Waals surface area contributed by atoms with Gasteiger partial charge in [-0.05, 0) is 43.2 Å². The molecule has 3 rings (SSSR count). The highest BCUT2D eigenvalue weighted by Gasteiger charge is 2.14. The first-order valence-electron chi connectivity index (χ1n) is 8.67. The van der Waals surface area contributed by atoms with Crippen molar-refractivity contribution in [2.45, 2.75) is 18.9 Å². The van der Waals surface area contributed by atoms with Gasteiger partial charge in [-0.1, -0.05) is 17.7 Å². The Morgan fingerprint density at radius 2 is 2.27 bits per heavy atom. The smallest absolute Gasteiger partial charge is 0.257 e. The molecule has 0 radical (unpaired) electrons. The van der Waals surface area contributed by atoms with Gasteiger partial charge in [0.15, 0.2) is 0 Å². The normalized spacial score (nSPS) is 16.4. The molecule has 1 amide bonds. The molecule has 26 heavy (non-hydrogen) atoms. The molecule has 6 nitrogen and oxygen atoms in total. The van der Waals surface area contributed by atoms with Crippen molar-refractivity contribution in [3.8, 4) is 0 Å². The van der Waals surface area contributed by atoms with Gasteiger partial charge in [-0.3, -0.25) is 4.79 Å². The van der Waals surface area contributed by atoms with Crippen LogP contribution in [0.1, 0.15) is 23.2 Å². The average molecular weight is 376 g/mol. The van der Waals surface area contributed by atoms with E-state index in [1.54, 1.807) is 36.4 Å². The molecule has 2 N–H and O–H groups in total. The minimum absolute atomic E-state index is 0.230. The minimum Gasteiger partial charge on any atom is -0.377 e. The topological polar surface area (TPSA) is 72.5 Å². The lowest BCUT2D eigenvalue weighted by molar-refractivity contribution is 0.0206. The van der Waals surface area contributed by atoms with Crippen LogP contribution in [-0.4, -0.2) is 43.4 Å². The molecule has 1 unspecified atom stereocenters. The number of pyridine rings is 1. The fourth-order valence-corrected chi connectivity index (χ4v) is 2.83. The zero-order valence-corrected chi connectivity index (χ0v) is 15.2. The van der Waals surface area contributed by atoms with Crippen LogP contribution >= 0.6 is 11.6 Å². The van der Waals surface area contributed by atoms with Crippen molar-refractivity contribution in [2.75, 3.05) is 37.0 Å². The van der Waals surface area contributed by atoms with Gasteiger partial charge in [0, 0.05) is 30.1 Å². The third kappa shape index (κ3) is 5.69. The number of aromatic nitrogens is 1. The summed E-state index contributed by atoms with van der Waals surface area (Å²) in [7, 11) is 0. The summed E-state index contributed by atoms with van der Waals surface area (Å²) in [5.74, 6) is 0.469. The lowest BCUT2D eigenvalue weighted by atomic mass is 10.2. The first-order valence-corrected chi connectivity index (χ1v) is 9.05. The van der Waals surface area contributed by atoms with E-state index >= 15 is 0 Å². The number of halogens is 1. The Morgan fingerprint density at radius 1 is 1.35 bits per heavy atom. The number of hydrogen-bond acceptors (Lipinski definition) is 5. The van der Waals surface area contributed by atoms with Gasteiger partial charge < -0.3 is 20.1 Å². The number of rotatable bonds is 8. The van der Waals surface area contributed by atoms with Crippen LogP contribution in [0.5, 0.6) is 0 Å². The average Bonchev–Trinajstić information content (AvgIpc) is 3.15. The highest BCUT2D eigenvalue weighted by atomic mass is 35.5. The van der Waals surface area contributed by atoms with Gasteiger partial charge in [0.1, 0.15) is 5.82 Å². The molecule has 0 saturated carbocycles. The van der Waals surface area contributed by atoms with E-state index in [1.807, 2.05) is 0 Å². The molecule has 1 fully saturated rings. The number of hydrogen-bond donors (Lipinski definition) is 2. The van der Waals surface area contributed by atoms with Crippen molar-refractivity contribution < 1.29 is 14.3 Å². The Labute approximate surface area is 157 Å². The Balaban J connectivity index is 1.40. The van der Waals surface area contributed by atoms with E-state index in [0.717, 1.165) is 19.4 Å². The van der Waals surface area contributed by atoms with Crippen LogP contribution in [0.3, 0.4) is 0 Å². The summed E-state index contributed by atoms with van der Waals surface area (Å²) in [4.78, 5) is 16.5. The summed E-state index contributed by atoms with van der Waals surface area (Å²) in [6.07, 6.45) is 3.97. The van der Waals surface area contributed by atoms with Crippen molar-refractivity contribution >= 4 is 29.0 Å². The predicted octanol–water partition coefficient (Wildman–Crippen LogP) is 3.59. The van der Waals surface area contributed by atoms with Crippen LogP contribution < -0.4 is 10.6 Å². The van der Waals surface area contributed by atoms with Gasteiger partial charge in [0.2, 0.25) is 0 Å². The van der Waals surface area contributed by atoms with E-state index in [0.29, 0.717) is 41.8 Å². The van der Waals surface area contributed by atoms with Gasteiger partial charge in [0.05, 0.1) is 24.9 Å². The molecular formula is C19H22ClN3O3. The largest absolute Gasteiger partial charge is 0.377 e. The fourth-order valence-electron chi connectivity index (χ4n) is 2.64. The highest BCUT2D eigenvalue weighted by Crippen LogP contribution is 2.16. The summed E-state index contributed by atoms with van der Waals surface area (Å²) in [5.41, 5.74) is 1.12. The molecule has 1 aromatic heterocycles. The molecule has 0 bridgehead atoms. The zero-order chi connectivity index (χ0) is 18.2. The van der Waals surface area contributed by atoms with Crippen LogP contribution in [-0.2, 0) is 9.47 Å². The molecule has 138 valence electrons. The van der Waals surface area contributed by atoms with Gasteiger partial charge in [-0.25, -0.2) is 4.98 Å². The number of nitrogens with zero attached hydrogens (tertiary/aromatic N) is 1. The van der Waals surface area contributed by atoms with Crippen LogP contribution in [0, 0.1) is 0 Å². The van der Waals surface area contributed by atoms with E-state index < -0.39 is 0 Å². The monoisotopic (exact) mass is 375 g/mol. The number of anilines is 2. The third-order valence-electron chi connectivity index (χ3n) is 3.99. The number of ether oxygens (including phenoxy) is 2. The van der Waals surface area contributed by atoms with Gasteiger partial charge in [0.25, 0.3) is 5.91 Å². The maximum absolute atomic E-state index is 12.2. The molecule has 1 aliphatic heterocycles. The molecule has 0 aliphatic carbocycles. The SMILES string of the molecule is O=C(Nc1cccc(Cl)c1)c1ccc(NCCOCC2CCCO2)nc1. The summed E-state index contributed by atoms with van der Waals surface area (Å²) in [5, 5.41) is 6.53. The number of benzene rings is 1. The first kappa shape index (κ1) is 18.6. The molecular weight excluding hydrogens is 354 g/mol. The van der Waals surface area contributed by atoms with Crippen molar-refractivity contribution in [3.05, 3.63) is 53.2 Å². The number of carbonyl (C=O) groups is 1. The second-order valence-corrected chi connectivity index (χ2v) is 6.47. The second kappa shape index (κ2) is 9.52. The van der Waals surface area contributed by atoms with E-state index in [-0.39, 0.29) is 12.0 Å². The van der Waals surface area contributed by atoms with Gasteiger partial charge >= 0.3 is 0 Å². The molecule has 7 heteroatoms. The lowest BCUT2D eigenvalue weighted by Gasteiger charge is -2.11. The summed E-state index contributed by atoms with van der Waals surface area (Å²) in [6, 6.07) is 10.5. The second-order valence-electron chi connectivity index (χ2n) is 6.03. The van der Waals surface area contributed by atoms with Crippen molar-refractivity contribution in [3.63, 3.8) is 0 Å². The Kier molecular flexibility index (Phi) is 6.82. The minimum atomic E-state index is -0.230. The summed E-state index contributed by atoms with van der Waals surface area (Å²) < 4.78 is 11.1. The van der Waals surface area contributed by atoms with Crippen LogP contribution in [0.25, 0.3) is 0 Å². The van der Waals surface area contributed by atoms with E-state index in [9.17, 15) is 4.79 Å². The maximum Gasteiger partial charge on any atom is 0.257 e. The molecule has 1 aromatic carbocycles. The maximum atomic E-state index is 12.2. The lowest BCUT2D eigenvalue weighted by Crippen LogP contribution is -2.18.